The van der Waals surface area contributed by atoms with Crippen LogP contribution in [0.4, 0.5) is 0 Å². The summed E-state index contributed by atoms with van der Waals surface area (Å²) in [4.78, 5) is 1.38. The molecule has 0 nitrogen and oxygen atoms in total. The Morgan fingerprint density at radius 1 is 1.38 bits per heavy atom. The van der Waals surface area contributed by atoms with Gasteiger partial charge in [0.25, 0.3) is 0 Å². The van der Waals surface area contributed by atoms with Crippen LogP contribution in [-0.2, 0) is 0 Å². The van der Waals surface area contributed by atoms with E-state index in [0.717, 1.165) is 23.7 Å². The minimum atomic E-state index is 0.824. The second-order valence-corrected chi connectivity index (χ2v) is 5.49. The van der Waals surface area contributed by atoms with Crippen molar-refractivity contribution < 1.29 is 0 Å². The van der Waals surface area contributed by atoms with Crippen molar-refractivity contribution in [2.24, 2.45) is 23.7 Å². The van der Waals surface area contributed by atoms with Gasteiger partial charge in [0.2, 0.25) is 0 Å². The van der Waals surface area contributed by atoms with E-state index in [0.29, 0.717) is 0 Å². The van der Waals surface area contributed by atoms with Gasteiger partial charge < -0.3 is 0 Å². The lowest BCUT2D eigenvalue weighted by Gasteiger charge is -2.37. The average Bonchev–Trinajstić information content (AvgIpc) is 2.48. The van der Waals surface area contributed by atoms with E-state index in [2.05, 4.69) is 32.6 Å². The van der Waals surface area contributed by atoms with E-state index < -0.39 is 0 Å². The molecule has 0 aromatic rings. The smallest absolute Gasteiger partial charge is 0.00736 e. The highest BCUT2D eigenvalue weighted by atomic mass is 32.1. The van der Waals surface area contributed by atoms with Gasteiger partial charge in [-0.3, -0.25) is 0 Å². The highest BCUT2D eigenvalue weighted by Gasteiger charge is 2.37. The summed E-state index contributed by atoms with van der Waals surface area (Å²) < 4.78 is 0. The maximum absolute atomic E-state index is 4.58. The second-order valence-electron chi connectivity index (χ2n) is 4.97. The SMILES string of the molecule is CC(C)C1CCCC2C(S)=CCC21. The molecule has 13 heavy (non-hydrogen) atoms. The van der Waals surface area contributed by atoms with Crippen LogP contribution >= 0.6 is 12.6 Å². The average molecular weight is 196 g/mol. The van der Waals surface area contributed by atoms with Gasteiger partial charge in [-0.05, 0) is 47.8 Å². The molecule has 3 atom stereocenters. The van der Waals surface area contributed by atoms with Gasteiger partial charge >= 0.3 is 0 Å². The number of allylic oxidation sites excluding steroid dienone is 2. The largest absolute Gasteiger partial charge is 0.148 e. The summed E-state index contributed by atoms with van der Waals surface area (Å²) in [5.74, 6) is 3.57. The Morgan fingerprint density at radius 2 is 2.15 bits per heavy atom. The van der Waals surface area contributed by atoms with Crippen LogP contribution in [0.2, 0.25) is 0 Å². The van der Waals surface area contributed by atoms with Gasteiger partial charge in [0.15, 0.2) is 0 Å². The Kier molecular flexibility index (Phi) is 2.73. The lowest BCUT2D eigenvalue weighted by atomic mass is 9.69. The molecule has 2 aliphatic rings. The minimum Gasteiger partial charge on any atom is -0.148 e. The van der Waals surface area contributed by atoms with Crippen molar-refractivity contribution in [3.8, 4) is 0 Å². The van der Waals surface area contributed by atoms with Crippen LogP contribution < -0.4 is 0 Å². The lowest BCUT2D eigenvalue weighted by molar-refractivity contribution is 0.150. The van der Waals surface area contributed by atoms with Gasteiger partial charge in [-0.25, -0.2) is 0 Å². The highest BCUT2D eigenvalue weighted by molar-refractivity contribution is 7.84. The fraction of sp³-hybridized carbons (Fsp3) is 0.833. The molecule has 0 aliphatic heterocycles. The Morgan fingerprint density at radius 3 is 2.85 bits per heavy atom. The van der Waals surface area contributed by atoms with Crippen molar-refractivity contribution in [3.05, 3.63) is 11.0 Å². The summed E-state index contributed by atoms with van der Waals surface area (Å²) in [6.07, 6.45) is 7.92. The van der Waals surface area contributed by atoms with Crippen LogP contribution in [0, 0.1) is 23.7 Å². The summed E-state index contributed by atoms with van der Waals surface area (Å²) in [6, 6.07) is 0. The van der Waals surface area contributed by atoms with Gasteiger partial charge in [-0.1, -0.05) is 26.3 Å². The van der Waals surface area contributed by atoms with Crippen molar-refractivity contribution in [1.29, 1.82) is 0 Å². The van der Waals surface area contributed by atoms with Gasteiger partial charge in [-0.2, -0.15) is 0 Å². The molecule has 74 valence electrons. The molecular formula is C12H20S. The van der Waals surface area contributed by atoms with Crippen molar-refractivity contribution in [2.75, 3.05) is 0 Å². The summed E-state index contributed by atoms with van der Waals surface area (Å²) in [6.45, 7) is 4.76. The predicted octanol–water partition coefficient (Wildman–Crippen LogP) is 3.89. The topological polar surface area (TPSA) is 0 Å². The first-order valence-electron chi connectivity index (χ1n) is 5.59. The molecule has 0 radical (unpaired) electrons. The Balaban J connectivity index is 2.10. The Hall–Kier alpha value is 0.0900. The number of hydrogen-bond acceptors (Lipinski definition) is 1. The van der Waals surface area contributed by atoms with Gasteiger partial charge in [0.05, 0.1) is 0 Å². The maximum Gasteiger partial charge on any atom is -0.00736 e. The van der Waals surface area contributed by atoms with Crippen LogP contribution in [0.1, 0.15) is 39.5 Å². The summed E-state index contributed by atoms with van der Waals surface area (Å²) in [5.41, 5.74) is 0. The molecule has 0 N–H and O–H groups in total. The molecule has 2 aliphatic carbocycles. The van der Waals surface area contributed by atoms with Crippen molar-refractivity contribution >= 4 is 12.6 Å². The van der Waals surface area contributed by atoms with E-state index >= 15 is 0 Å². The first-order valence-corrected chi connectivity index (χ1v) is 6.04. The zero-order valence-corrected chi connectivity index (χ0v) is 9.56. The highest BCUT2D eigenvalue weighted by Crippen LogP contribution is 2.48. The molecule has 1 fully saturated rings. The lowest BCUT2D eigenvalue weighted by Crippen LogP contribution is -2.28. The number of hydrogen-bond donors (Lipinski definition) is 1. The van der Waals surface area contributed by atoms with Gasteiger partial charge in [-0.15, -0.1) is 12.6 Å². The van der Waals surface area contributed by atoms with Gasteiger partial charge in [0.1, 0.15) is 0 Å². The van der Waals surface area contributed by atoms with E-state index in [1.54, 1.807) is 0 Å². The number of rotatable bonds is 1. The van der Waals surface area contributed by atoms with E-state index in [1.165, 1.54) is 30.6 Å². The first kappa shape index (κ1) is 9.64. The second kappa shape index (κ2) is 3.68. The fourth-order valence-electron chi connectivity index (χ4n) is 3.24. The molecule has 0 aromatic carbocycles. The normalized spacial score (nSPS) is 39.1. The van der Waals surface area contributed by atoms with E-state index in [9.17, 15) is 0 Å². The molecule has 0 aromatic heterocycles. The van der Waals surface area contributed by atoms with E-state index in [-0.39, 0.29) is 0 Å². The third-order valence-electron chi connectivity index (χ3n) is 3.95. The standard InChI is InChI=1S/C12H20S/c1-8(2)9-4-3-5-11-10(9)6-7-12(11)13/h7-11,13H,3-6H2,1-2H3. The van der Waals surface area contributed by atoms with Crippen molar-refractivity contribution in [2.45, 2.75) is 39.5 Å². The number of thiol groups is 1. The summed E-state index contributed by atoms with van der Waals surface area (Å²) in [5, 5.41) is 0. The zero-order valence-electron chi connectivity index (χ0n) is 8.66. The van der Waals surface area contributed by atoms with Crippen molar-refractivity contribution in [1.82, 2.24) is 0 Å². The van der Waals surface area contributed by atoms with Crippen molar-refractivity contribution in [3.63, 3.8) is 0 Å². The molecular weight excluding hydrogens is 176 g/mol. The monoisotopic (exact) mass is 196 g/mol. The predicted molar refractivity (Wildman–Crippen MR) is 60.8 cm³/mol. The molecule has 0 heterocycles. The molecule has 1 saturated carbocycles. The quantitative estimate of drug-likeness (QED) is 0.604. The van der Waals surface area contributed by atoms with Gasteiger partial charge in [0, 0.05) is 0 Å². The summed E-state index contributed by atoms with van der Waals surface area (Å²) in [7, 11) is 0. The molecule has 0 spiro atoms. The third kappa shape index (κ3) is 1.68. The fourth-order valence-corrected chi connectivity index (χ4v) is 3.67. The van der Waals surface area contributed by atoms with Crippen LogP contribution in [0.25, 0.3) is 0 Å². The summed E-state index contributed by atoms with van der Waals surface area (Å²) >= 11 is 4.58. The van der Waals surface area contributed by atoms with E-state index in [1.807, 2.05) is 0 Å². The third-order valence-corrected chi connectivity index (χ3v) is 4.47. The molecule has 1 heteroatoms. The van der Waals surface area contributed by atoms with E-state index in [4.69, 9.17) is 0 Å². The molecule has 0 amide bonds. The maximum atomic E-state index is 4.58. The molecule has 2 rings (SSSR count). The van der Waals surface area contributed by atoms with Crippen LogP contribution in [0.3, 0.4) is 0 Å². The molecule has 0 bridgehead atoms. The zero-order chi connectivity index (χ0) is 9.42. The number of fused-ring (bicyclic) bond motifs is 1. The molecule has 0 saturated heterocycles. The minimum absolute atomic E-state index is 0.824. The Bertz CT molecular complexity index is 217. The van der Waals surface area contributed by atoms with Crippen LogP contribution in [0.5, 0.6) is 0 Å². The molecule has 3 unspecified atom stereocenters. The Labute approximate surface area is 87.2 Å². The first-order chi connectivity index (χ1) is 6.20. The van der Waals surface area contributed by atoms with Crippen LogP contribution in [0.15, 0.2) is 11.0 Å². The van der Waals surface area contributed by atoms with Crippen LogP contribution in [-0.4, -0.2) is 0 Å².